The molecule has 6 aromatic carbocycles. The van der Waals surface area contributed by atoms with Gasteiger partial charge in [-0.05, 0) is 88.0 Å². The van der Waals surface area contributed by atoms with Crippen molar-refractivity contribution < 1.29 is 45.6 Å². The molecule has 254 valence electrons. The third-order valence-corrected chi connectivity index (χ3v) is 10.9. The van der Waals surface area contributed by atoms with Gasteiger partial charge in [-0.25, -0.2) is 0 Å². The van der Waals surface area contributed by atoms with Crippen LogP contribution in [-0.4, -0.2) is 40.9 Å². The summed E-state index contributed by atoms with van der Waals surface area (Å²) in [7, 11) is 0. The Morgan fingerprint density at radius 3 is 1.47 bits per heavy atom. The minimum absolute atomic E-state index is 0.0537. The van der Waals surface area contributed by atoms with Gasteiger partial charge in [-0.1, -0.05) is 36.4 Å². The first-order chi connectivity index (χ1) is 24.6. The predicted octanol–water partition coefficient (Wildman–Crippen LogP) is 7.76. The van der Waals surface area contributed by atoms with Crippen molar-refractivity contribution in [3.05, 3.63) is 159 Å². The second-order valence-corrected chi connectivity index (χ2v) is 13.7. The largest absolute Gasteiger partial charge is 0.508 e. The molecular formula is C42H32O9. The van der Waals surface area contributed by atoms with Crippen molar-refractivity contribution in [2.24, 2.45) is 0 Å². The van der Waals surface area contributed by atoms with E-state index in [2.05, 4.69) is 0 Å². The number of aromatic hydroxyl groups is 8. The van der Waals surface area contributed by atoms with Crippen molar-refractivity contribution in [2.75, 3.05) is 0 Å². The van der Waals surface area contributed by atoms with Crippen molar-refractivity contribution in [3.63, 3.8) is 0 Å². The van der Waals surface area contributed by atoms with E-state index in [0.29, 0.717) is 28.0 Å². The maximum absolute atomic E-state index is 12.1. The van der Waals surface area contributed by atoms with E-state index in [4.69, 9.17) is 4.74 Å². The molecule has 0 aromatic heterocycles. The molecule has 6 atom stereocenters. The number of fused-ring (bicyclic) bond motifs is 2. The van der Waals surface area contributed by atoms with Crippen LogP contribution < -0.4 is 4.74 Å². The van der Waals surface area contributed by atoms with E-state index < -0.39 is 35.7 Å². The quantitative estimate of drug-likeness (QED) is 0.0927. The normalized spacial score (nSPS) is 22.5. The summed E-state index contributed by atoms with van der Waals surface area (Å²) in [6.45, 7) is 0. The summed E-state index contributed by atoms with van der Waals surface area (Å²) in [6, 6.07) is 29.1. The van der Waals surface area contributed by atoms with Crippen molar-refractivity contribution in [1.82, 2.24) is 0 Å². The van der Waals surface area contributed by atoms with Crippen LogP contribution in [-0.2, 0) is 0 Å². The molecule has 0 radical (unpaired) electrons. The fourth-order valence-corrected chi connectivity index (χ4v) is 9.08. The summed E-state index contributed by atoms with van der Waals surface area (Å²) in [5.74, 6) is -3.02. The zero-order valence-corrected chi connectivity index (χ0v) is 26.8. The van der Waals surface area contributed by atoms with Crippen LogP contribution in [0.4, 0.5) is 0 Å². The first kappa shape index (κ1) is 30.6. The first-order valence-electron chi connectivity index (χ1n) is 16.6. The minimum Gasteiger partial charge on any atom is -0.508 e. The Balaban J connectivity index is 1.44. The summed E-state index contributed by atoms with van der Waals surface area (Å²) in [5.41, 5.74) is 6.00. The van der Waals surface area contributed by atoms with Crippen LogP contribution in [0.25, 0.3) is 0 Å². The highest BCUT2D eigenvalue weighted by atomic mass is 16.5. The molecule has 3 aliphatic rings. The van der Waals surface area contributed by atoms with E-state index in [1.54, 1.807) is 84.9 Å². The maximum atomic E-state index is 12.1. The SMILES string of the molecule is Oc1ccc([C@H]2c3c(O)cc(O)cc3[C@@H]3c4c(cc(O)c5c4[C@H]2[C@@H](c2ccc(O)cc2)[C@@H]5c2cc(O)cc(O)c2)O[C@H]3c2ccc(O)cc2)cc1. The highest BCUT2D eigenvalue weighted by molar-refractivity contribution is 5.72. The first-order valence-corrected chi connectivity index (χ1v) is 16.6. The predicted molar refractivity (Wildman–Crippen MR) is 186 cm³/mol. The van der Waals surface area contributed by atoms with Crippen molar-refractivity contribution in [1.29, 1.82) is 0 Å². The lowest BCUT2D eigenvalue weighted by atomic mass is 9.69. The van der Waals surface area contributed by atoms with E-state index in [9.17, 15) is 40.9 Å². The molecule has 0 fully saturated rings. The molecule has 51 heavy (non-hydrogen) atoms. The topological polar surface area (TPSA) is 171 Å². The van der Waals surface area contributed by atoms with Crippen LogP contribution in [0.1, 0.15) is 85.8 Å². The number of phenols is 8. The molecule has 0 unspecified atom stereocenters. The molecule has 0 saturated carbocycles. The van der Waals surface area contributed by atoms with Crippen LogP contribution in [0, 0.1) is 0 Å². The van der Waals surface area contributed by atoms with Crippen LogP contribution in [0.3, 0.4) is 0 Å². The molecule has 1 aliphatic heterocycles. The van der Waals surface area contributed by atoms with E-state index in [1.807, 2.05) is 12.1 Å². The smallest absolute Gasteiger partial charge is 0.135 e. The van der Waals surface area contributed by atoms with E-state index in [0.717, 1.165) is 27.8 Å². The van der Waals surface area contributed by atoms with Gasteiger partial charge in [-0.2, -0.15) is 0 Å². The average Bonchev–Trinajstić information content (AvgIpc) is 3.60. The van der Waals surface area contributed by atoms with Gasteiger partial charge in [0.1, 0.15) is 57.8 Å². The number of hydrogen-bond acceptors (Lipinski definition) is 9. The van der Waals surface area contributed by atoms with Gasteiger partial charge in [0.15, 0.2) is 0 Å². The molecule has 9 rings (SSSR count). The number of benzene rings is 6. The van der Waals surface area contributed by atoms with Crippen LogP contribution in [0.2, 0.25) is 0 Å². The third kappa shape index (κ3) is 4.61. The molecular weight excluding hydrogens is 648 g/mol. The second kappa shape index (κ2) is 11.0. The average molecular weight is 681 g/mol. The molecule has 0 saturated heterocycles. The molecule has 9 nitrogen and oxygen atoms in total. The molecule has 1 heterocycles. The van der Waals surface area contributed by atoms with Crippen LogP contribution in [0.5, 0.6) is 51.7 Å². The molecule has 2 aliphatic carbocycles. The van der Waals surface area contributed by atoms with Crippen molar-refractivity contribution in [3.8, 4) is 51.7 Å². The van der Waals surface area contributed by atoms with Gasteiger partial charge in [0.2, 0.25) is 0 Å². The fraction of sp³-hybridized carbons (Fsp3) is 0.143. The second-order valence-electron chi connectivity index (χ2n) is 13.7. The maximum Gasteiger partial charge on any atom is 0.135 e. The zero-order valence-electron chi connectivity index (χ0n) is 26.8. The number of ether oxygens (including phenoxy) is 1. The lowest BCUT2D eigenvalue weighted by molar-refractivity contribution is 0.221. The zero-order chi connectivity index (χ0) is 35.3. The van der Waals surface area contributed by atoms with Gasteiger partial charge < -0.3 is 45.6 Å². The molecule has 0 spiro atoms. The lowest BCUT2D eigenvalue weighted by Crippen LogP contribution is -2.20. The van der Waals surface area contributed by atoms with E-state index in [1.165, 1.54) is 12.1 Å². The van der Waals surface area contributed by atoms with Crippen molar-refractivity contribution in [2.45, 2.75) is 35.7 Å². The Morgan fingerprint density at radius 2 is 0.863 bits per heavy atom. The Bertz CT molecular complexity index is 2330. The van der Waals surface area contributed by atoms with E-state index >= 15 is 0 Å². The highest BCUT2D eigenvalue weighted by Gasteiger charge is 2.56. The lowest BCUT2D eigenvalue weighted by Gasteiger charge is -2.34. The third-order valence-electron chi connectivity index (χ3n) is 10.9. The number of phenolic OH excluding ortho intramolecular Hbond substituents is 8. The highest BCUT2D eigenvalue weighted by Crippen LogP contribution is 2.70. The van der Waals surface area contributed by atoms with Gasteiger partial charge in [0.05, 0.1) is 5.92 Å². The Morgan fingerprint density at radius 1 is 0.353 bits per heavy atom. The summed E-state index contributed by atoms with van der Waals surface area (Å²) in [5, 5.41) is 87.5. The van der Waals surface area contributed by atoms with Crippen molar-refractivity contribution >= 4 is 0 Å². The molecule has 0 amide bonds. The summed E-state index contributed by atoms with van der Waals surface area (Å²) in [6.07, 6.45) is -0.693. The molecule has 8 N–H and O–H groups in total. The summed E-state index contributed by atoms with van der Waals surface area (Å²) < 4.78 is 6.70. The molecule has 0 bridgehead atoms. The summed E-state index contributed by atoms with van der Waals surface area (Å²) in [4.78, 5) is 0. The van der Waals surface area contributed by atoms with Gasteiger partial charge in [0.25, 0.3) is 0 Å². The van der Waals surface area contributed by atoms with E-state index in [-0.39, 0.29) is 46.0 Å². The monoisotopic (exact) mass is 680 g/mol. The van der Waals surface area contributed by atoms with Gasteiger partial charge in [0, 0.05) is 58.6 Å². The standard InChI is InChI=1S/C42H32O9/c43-23-7-1-19(2-8-23)33-35(22-13-26(46)15-27(47)14-22)38-31(50)18-32-39-37(42(51-32)21-5-11-25(45)12-6-21)29-16-28(48)17-30(49)36(29)34(40(33)41(38)39)20-3-9-24(44)10-4-20/h1-18,33-35,37,40,42-50H/t33-,34-,35-,37+,40-,42-/m0/s1. The molecule has 9 heteroatoms. The Labute approximate surface area is 291 Å². The fourth-order valence-electron chi connectivity index (χ4n) is 9.08. The Hall–Kier alpha value is -6.48. The summed E-state index contributed by atoms with van der Waals surface area (Å²) >= 11 is 0. The Kier molecular flexibility index (Phi) is 6.60. The van der Waals surface area contributed by atoms with Crippen LogP contribution in [0.15, 0.2) is 109 Å². The van der Waals surface area contributed by atoms with Crippen LogP contribution >= 0.6 is 0 Å². The van der Waals surface area contributed by atoms with Gasteiger partial charge in [-0.15, -0.1) is 0 Å². The van der Waals surface area contributed by atoms with Gasteiger partial charge >= 0.3 is 0 Å². The number of rotatable bonds is 4. The minimum atomic E-state index is -0.693. The molecule has 6 aromatic rings. The van der Waals surface area contributed by atoms with Gasteiger partial charge in [-0.3, -0.25) is 0 Å². The number of hydrogen-bond donors (Lipinski definition) is 8.